The van der Waals surface area contributed by atoms with Crippen molar-refractivity contribution in [3.8, 4) is 0 Å². The predicted molar refractivity (Wildman–Crippen MR) is 51.2 cm³/mol. The van der Waals surface area contributed by atoms with E-state index in [-0.39, 0.29) is 0 Å². The first-order valence-electron chi connectivity index (χ1n) is 5.28. The van der Waals surface area contributed by atoms with Gasteiger partial charge in [0, 0.05) is 25.2 Å². The van der Waals surface area contributed by atoms with Gasteiger partial charge in [0.25, 0.3) is 0 Å². The summed E-state index contributed by atoms with van der Waals surface area (Å²) in [5, 5.41) is 3.70. The van der Waals surface area contributed by atoms with Crippen molar-refractivity contribution in [1.29, 1.82) is 0 Å². The molecule has 1 heterocycles. The fourth-order valence-electron chi connectivity index (χ4n) is 2.25. The summed E-state index contributed by atoms with van der Waals surface area (Å²) in [4.78, 5) is 2.57. The zero-order chi connectivity index (χ0) is 8.55. The minimum atomic E-state index is 0.698. The van der Waals surface area contributed by atoms with Gasteiger partial charge < -0.3 is 10.2 Å². The average Bonchev–Trinajstić information content (AvgIpc) is 2.85. The maximum absolute atomic E-state index is 3.70. The summed E-state index contributed by atoms with van der Waals surface area (Å²) in [6, 6.07) is 1.50. The maximum atomic E-state index is 3.70. The lowest BCUT2D eigenvalue weighted by Gasteiger charge is -2.37. The van der Waals surface area contributed by atoms with Crippen LogP contribution < -0.4 is 5.32 Å². The van der Waals surface area contributed by atoms with Gasteiger partial charge in [0.2, 0.25) is 0 Å². The summed E-state index contributed by atoms with van der Waals surface area (Å²) in [5.74, 6) is 1.00. The normalized spacial score (nSPS) is 38.5. The molecule has 2 heteroatoms. The molecular formula is C10H20N2. The summed E-state index contributed by atoms with van der Waals surface area (Å²) >= 11 is 0. The zero-order valence-corrected chi connectivity index (χ0v) is 8.21. The summed E-state index contributed by atoms with van der Waals surface area (Å²) in [7, 11) is 0. The second-order valence-corrected chi connectivity index (χ2v) is 4.36. The quantitative estimate of drug-likeness (QED) is 0.663. The van der Waals surface area contributed by atoms with Crippen LogP contribution in [0, 0.1) is 5.92 Å². The van der Waals surface area contributed by atoms with Crippen LogP contribution in [0.25, 0.3) is 0 Å². The van der Waals surface area contributed by atoms with Crippen molar-refractivity contribution < 1.29 is 0 Å². The van der Waals surface area contributed by atoms with E-state index in [4.69, 9.17) is 0 Å². The fourth-order valence-corrected chi connectivity index (χ4v) is 2.25. The van der Waals surface area contributed by atoms with E-state index in [0.717, 1.165) is 12.0 Å². The van der Waals surface area contributed by atoms with Crippen LogP contribution in [0.5, 0.6) is 0 Å². The van der Waals surface area contributed by atoms with Gasteiger partial charge in [-0.05, 0) is 32.2 Å². The lowest BCUT2D eigenvalue weighted by atomic mass is 10.1. The van der Waals surface area contributed by atoms with Crippen LogP contribution in [0.4, 0.5) is 0 Å². The summed E-state index contributed by atoms with van der Waals surface area (Å²) in [5.41, 5.74) is 0. The van der Waals surface area contributed by atoms with Crippen LogP contribution in [0.2, 0.25) is 0 Å². The van der Waals surface area contributed by atoms with Gasteiger partial charge in [-0.2, -0.15) is 0 Å². The van der Waals surface area contributed by atoms with Gasteiger partial charge in [-0.15, -0.1) is 0 Å². The second kappa shape index (κ2) is 3.35. The van der Waals surface area contributed by atoms with Crippen LogP contribution in [0.15, 0.2) is 0 Å². The molecule has 0 aromatic rings. The molecule has 1 saturated heterocycles. The van der Waals surface area contributed by atoms with E-state index in [2.05, 4.69) is 24.1 Å². The monoisotopic (exact) mass is 168 g/mol. The number of rotatable bonds is 2. The average molecular weight is 168 g/mol. The van der Waals surface area contributed by atoms with E-state index in [1.54, 1.807) is 0 Å². The number of nitrogens with zero attached hydrogens (tertiary/aromatic N) is 1. The number of hydrogen-bond donors (Lipinski definition) is 1. The molecule has 2 atom stereocenters. The lowest BCUT2D eigenvalue weighted by Crippen LogP contribution is -2.56. The van der Waals surface area contributed by atoms with Crippen molar-refractivity contribution >= 4 is 0 Å². The molecule has 70 valence electrons. The number of piperazine rings is 1. The van der Waals surface area contributed by atoms with E-state index in [1.807, 2.05) is 0 Å². The van der Waals surface area contributed by atoms with E-state index >= 15 is 0 Å². The first-order chi connectivity index (χ1) is 5.79. The molecule has 0 unspecified atom stereocenters. The van der Waals surface area contributed by atoms with Crippen molar-refractivity contribution in [1.82, 2.24) is 10.2 Å². The van der Waals surface area contributed by atoms with Gasteiger partial charge in [0.15, 0.2) is 0 Å². The molecule has 0 aromatic carbocycles. The molecule has 1 aliphatic heterocycles. The Bertz CT molecular complexity index is 154. The molecule has 0 radical (unpaired) electrons. The third-order valence-corrected chi connectivity index (χ3v) is 3.12. The smallest absolute Gasteiger partial charge is 0.0226 e. The van der Waals surface area contributed by atoms with Crippen molar-refractivity contribution in [3.05, 3.63) is 0 Å². The van der Waals surface area contributed by atoms with Crippen molar-refractivity contribution in [2.24, 2.45) is 5.92 Å². The van der Waals surface area contributed by atoms with Gasteiger partial charge in [-0.25, -0.2) is 0 Å². The first kappa shape index (κ1) is 8.52. The maximum Gasteiger partial charge on any atom is 0.0226 e. The van der Waals surface area contributed by atoms with Gasteiger partial charge in [-0.3, -0.25) is 0 Å². The Balaban J connectivity index is 1.88. The summed E-state index contributed by atoms with van der Waals surface area (Å²) in [6.45, 7) is 8.31. The van der Waals surface area contributed by atoms with Gasteiger partial charge >= 0.3 is 0 Å². The number of nitrogens with one attached hydrogen (secondary N) is 1. The van der Waals surface area contributed by atoms with Gasteiger partial charge in [0.1, 0.15) is 0 Å². The Morgan fingerprint density at radius 1 is 1.33 bits per heavy atom. The Kier molecular flexibility index (Phi) is 2.37. The number of hydrogen-bond acceptors (Lipinski definition) is 2. The third-order valence-electron chi connectivity index (χ3n) is 3.12. The predicted octanol–water partition coefficient (Wildman–Crippen LogP) is 1.08. The van der Waals surface area contributed by atoms with Crippen molar-refractivity contribution in [2.45, 2.75) is 38.8 Å². The Morgan fingerprint density at radius 2 is 2.08 bits per heavy atom. The van der Waals surface area contributed by atoms with Crippen LogP contribution >= 0.6 is 0 Å². The van der Waals surface area contributed by atoms with E-state index in [9.17, 15) is 0 Å². The molecule has 0 amide bonds. The second-order valence-electron chi connectivity index (χ2n) is 4.36. The minimum Gasteiger partial charge on any atom is -0.309 e. The molecular weight excluding hydrogens is 148 g/mol. The minimum absolute atomic E-state index is 0.698. The van der Waals surface area contributed by atoms with Crippen LogP contribution in [-0.4, -0.2) is 36.6 Å². The molecule has 1 aliphatic carbocycles. The molecule has 12 heavy (non-hydrogen) atoms. The fraction of sp³-hybridized carbons (Fsp3) is 1.00. The van der Waals surface area contributed by atoms with Crippen LogP contribution in [0.3, 0.4) is 0 Å². The molecule has 0 spiro atoms. The molecule has 2 fully saturated rings. The molecule has 2 aliphatic rings. The summed E-state index contributed by atoms with van der Waals surface area (Å²) < 4.78 is 0. The standard InChI is InChI=1S/C10H20N2/c1-3-12-6-8(2)11-10(7-12)9-4-5-9/h8-11H,3-7H2,1-2H3/t8-,10-/m1/s1. The highest BCUT2D eigenvalue weighted by atomic mass is 15.2. The first-order valence-corrected chi connectivity index (χ1v) is 5.28. The van der Waals surface area contributed by atoms with Crippen molar-refractivity contribution in [2.75, 3.05) is 19.6 Å². The third kappa shape index (κ3) is 1.80. The van der Waals surface area contributed by atoms with Gasteiger partial charge in [0.05, 0.1) is 0 Å². The highest BCUT2D eigenvalue weighted by Gasteiger charge is 2.35. The van der Waals surface area contributed by atoms with E-state index < -0.39 is 0 Å². The zero-order valence-electron chi connectivity index (χ0n) is 8.21. The highest BCUT2D eigenvalue weighted by molar-refractivity contribution is 4.93. The Hall–Kier alpha value is -0.0800. The topological polar surface area (TPSA) is 15.3 Å². The molecule has 2 nitrogen and oxygen atoms in total. The highest BCUT2D eigenvalue weighted by Crippen LogP contribution is 2.34. The molecule has 0 aromatic heterocycles. The lowest BCUT2D eigenvalue weighted by molar-refractivity contribution is 0.163. The molecule has 0 bridgehead atoms. The summed E-state index contributed by atoms with van der Waals surface area (Å²) in [6.07, 6.45) is 2.92. The molecule has 1 saturated carbocycles. The van der Waals surface area contributed by atoms with Gasteiger partial charge in [-0.1, -0.05) is 6.92 Å². The van der Waals surface area contributed by atoms with E-state index in [0.29, 0.717) is 6.04 Å². The van der Waals surface area contributed by atoms with Crippen LogP contribution in [-0.2, 0) is 0 Å². The van der Waals surface area contributed by atoms with Crippen molar-refractivity contribution in [3.63, 3.8) is 0 Å². The van der Waals surface area contributed by atoms with Crippen LogP contribution in [0.1, 0.15) is 26.7 Å². The molecule has 2 rings (SSSR count). The Labute approximate surface area is 75.3 Å². The van der Waals surface area contributed by atoms with E-state index in [1.165, 1.54) is 32.5 Å². The largest absolute Gasteiger partial charge is 0.309 e. The number of likely N-dealkylation sites (N-methyl/N-ethyl adjacent to an activating group) is 1. The SMILES string of the molecule is CCN1C[C@@H](C)N[C@@H](C2CC2)C1. The Morgan fingerprint density at radius 3 is 2.67 bits per heavy atom. The molecule has 1 N–H and O–H groups in total.